The highest BCUT2D eigenvalue weighted by molar-refractivity contribution is 7.22. The second-order valence-corrected chi connectivity index (χ2v) is 5.67. The van der Waals surface area contributed by atoms with E-state index in [9.17, 15) is 5.11 Å². The van der Waals surface area contributed by atoms with Gasteiger partial charge in [0.2, 0.25) is 0 Å². The molecule has 1 unspecified atom stereocenters. The standard InChI is InChI=1S/C13H16N2OS/c1-9-4-2-6-11-12(9)14-13(17-11)15-7-3-5-10(16)8-15/h2,4,6,10,16H,3,5,7-8H2,1H3. The van der Waals surface area contributed by atoms with Crippen LogP contribution in [0.15, 0.2) is 18.2 Å². The highest BCUT2D eigenvalue weighted by Crippen LogP contribution is 2.31. The summed E-state index contributed by atoms with van der Waals surface area (Å²) in [6.07, 6.45) is 1.77. The van der Waals surface area contributed by atoms with Crippen molar-refractivity contribution in [2.75, 3.05) is 18.0 Å². The zero-order valence-electron chi connectivity index (χ0n) is 9.89. The van der Waals surface area contributed by atoms with Crippen molar-refractivity contribution in [2.45, 2.75) is 25.9 Å². The van der Waals surface area contributed by atoms with Gasteiger partial charge in [-0.1, -0.05) is 23.5 Å². The second kappa shape index (κ2) is 4.27. The molecule has 0 aliphatic carbocycles. The van der Waals surface area contributed by atoms with Crippen LogP contribution in [0, 0.1) is 6.92 Å². The molecular formula is C13H16N2OS. The Morgan fingerprint density at radius 1 is 1.47 bits per heavy atom. The molecule has 90 valence electrons. The van der Waals surface area contributed by atoms with E-state index in [1.54, 1.807) is 11.3 Å². The van der Waals surface area contributed by atoms with Crippen LogP contribution in [0.3, 0.4) is 0 Å². The minimum Gasteiger partial charge on any atom is -0.391 e. The van der Waals surface area contributed by atoms with Gasteiger partial charge in [0.25, 0.3) is 0 Å². The Morgan fingerprint density at radius 2 is 2.35 bits per heavy atom. The summed E-state index contributed by atoms with van der Waals surface area (Å²) in [5.74, 6) is 0. The van der Waals surface area contributed by atoms with E-state index in [0.29, 0.717) is 0 Å². The SMILES string of the molecule is Cc1cccc2sc(N3CCCC(O)C3)nc12. The van der Waals surface area contributed by atoms with E-state index >= 15 is 0 Å². The molecule has 1 fully saturated rings. The van der Waals surface area contributed by atoms with Crippen LogP contribution in [-0.2, 0) is 0 Å². The summed E-state index contributed by atoms with van der Waals surface area (Å²) in [5, 5.41) is 10.8. The fraction of sp³-hybridized carbons (Fsp3) is 0.462. The summed E-state index contributed by atoms with van der Waals surface area (Å²) in [4.78, 5) is 6.91. The van der Waals surface area contributed by atoms with Crippen LogP contribution >= 0.6 is 11.3 Å². The maximum Gasteiger partial charge on any atom is 0.186 e. The van der Waals surface area contributed by atoms with Crippen LogP contribution < -0.4 is 4.90 Å². The monoisotopic (exact) mass is 248 g/mol. The fourth-order valence-corrected chi connectivity index (χ4v) is 3.42. The van der Waals surface area contributed by atoms with Crippen LogP contribution in [0.1, 0.15) is 18.4 Å². The van der Waals surface area contributed by atoms with Gasteiger partial charge in [-0.2, -0.15) is 0 Å². The lowest BCUT2D eigenvalue weighted by Gasteiger charge is -2.29. The molecule has 1 aromatic carbocycles. The first kappa shape index (κ1) is 11.0. The highest BCUT2D eigenvalue weighted by Gasteiger charge is 2.20. The van der Waals surface area contributed by atoms with Gasteiger partial charge in [0.1, 0.15) is 0 Å². The van der Waals surface area contributed by atoms with Gasteiger partial charge in [0, 0.05) is 13.1 Å². The van der Waals surface area contributed by atoms with Crippen molar-refractivity contribution in [3.63, 3.8) is 0 Å². The van der Waals surface area contributed by atoms with Gasteiger partial charge in [-0.05, 0) is 31.4 Å². The van der Waals surface area contributed by atoms with Gasteiger partial charge in [-0.25, -0.2) is 4.98 Å². The van der Waals surface area contributed by atoms with Crippen LogP contribution in [0.2, 0.25) is 0 Å². The number of fused-ring (bicyclic) bond motifs is 1. The lowest BCUT2D eigenvalue weighted by Crippen LogP contribution is -2.38. The Kier molecular flexibility index (Phi) is 2.76. The van der Waals surface area contributed by atoms with Crippen LogP contribution in [-0.4, -0.2) is 29.3 Å². The molecule has 1 atom stereocenters. The number of thiazole rings is 1. The molecule has 0 saturated carbocycles. The number of aliphatic hydroxyl groups is 1. The van der Waals surface area contributed by atoms with E-state index in [1.165, 1.54) is 10.3 Å². The average Bonchev–Trinajstić information content (AvgIpc) is 2.74. The Labute approximate surface area is 105 Å². The number of aromatic nitrogens is 1. The number of aryl methyl sites for hydroxylation is 1. The molecule has 1 aromatic heterocycles. The van der Waals surface area contributed by atoms with Crippen molar-refractivity contribution in [1.29, 1.82) is 0 Å². The van der Waals surface area contributed by atoms with Crippen LogP contribution in [0.5, 0.6) is 0 Å². The number of β-amino-alcohol motifs (C(OH)–C–C–N with tert-alkyl or cyclic N) is 1. The Hall–Kier alpha value is -1.13. The third-order valence-electron chi connectivity index (χ3n) is 3.28. The molecular weight excluding hydrogens is 232 g/mol. The molecule has 3 nitrogen and oxygen atoms in total. The summed E-state index contributed by atoms with van der Waals surface area (Å²) in [6, 6.07) is 6.28. The Balaban J connectivity index is 1.97. The molecule has 1 saturated heterocycles. The number of rotatable bonds is 1. The smallest absolute Gasteiger partial charge is 0.186 e. The second-order valence-electron chi connectivity index (χ2n) is 4.66. The van der Waals surface area contributed by atoms with Gasteiger partial charge in [-0.15, -0.1) is 0 Å². The normalized spacial score (nSPS) is 21.1. The van der Waals surface area contributed by atoms with Gasteiger partial charge < -0.3 is 10.0 Å². The third-order valence-corrected chi connectivity index (χ3v) is 4.36. The summed E-state index contributed by atoms with van der Waals surface area (Å²) < 4.78 is 1.24. The van der Waals surface area contributed by atoms with Gasteiger partial charge in [0.15, 0.2) is 5.13 Å². The highest BCUT2D eigenvalue weighted by atomic mass is 32.1. The predicted octanol–water partition coefficient (Wildman–Crippen LogP) is 2.57. The van der Waals surface area contributed by atoms with Crippen molar-refractivity contribution in [1.82, 2.24) is 4.98 Å². The molecule has 1 aliphatic rings. The average molecular weight is 248 g/mol. The molecule has 0 radical (unpaired) electrons. The number of hydrogen-bond acceptors (Lipinski definition) is 4. The fourth-order valence-electron chi connectivity index (χ4n) is 2.34. The quantitative estimate of drug-likeness (QED) is 0.842. The number of nitrogens with zero attached hydrogens (tertiary/aromatic N) is 2. The lowest BCUT2D eigenvalue weighted by atomic mass is 10.1. The predicted molar refractivity (Wildman–Crippen MR) is 71.8 cm³/mol. The number of aliphatic hydroxyl groups excluding tert-OH is 1. The number of hydrogen-bond donors (Lipinski definition) is 1. The van der Waals surface area contributed by atoms with E-state index in [-0.39, 0.29) is 6.10 Å². The van der Waals surface area contributed by atoms with Crippen molar-refractivity contribution in [3.8, 4) is 0 Å². The van der Waals surface area contributed by atoms with Crippen molar-refractivity contribution in [3.05, 3.63) is 23.8 Å². The molecule has 1 N–H and O–H groups in total. The largest absolute Gasteiger partial charge is 0.391 e. The number of anilines is 1. The molecule has 0 bridgehead atoms. The third kappa shape index (κ3) is 2.03. The molecule has 0 spiro atoms. The van der Waals surface area contributed by atoms with Gasteiger partial charge in [-0.3, -0.25) is 0 Å². The maximum absolute atomic E-state index is 9.71. The van der Waals surface area contributed by atoms with E-state index < -0.39 is 0 Å². The van der Waals surface area contributed by atoms with Crippen molar-refractivity contribution < 1.29 is 5.11 Å². The van der Waals surface area contributed by atoms with E-state index in [2.05, 4.69) is 30.0 Å². The molecule has 3 rings (SSSR count). The number of para-hydroxylation sites is 1. The topological polar surface area (TPSA) is 36.4 Å². The molecule has 2 heterocycles. The molecule has 17 heavy (non-hydrogen) atoms. The molecule has 4 heteroatoms. The van der Waals surface area contributed by atoms with Crippen molar-refractivity contribution in [2.24, 2.45) is 0 Å². The maximum atomic E-state index is 9.71. The first-order valence-corrected chi connectivity index (χ1v) is 6.85. The summed E-state index contributed by atoms with van der Waals surface area (Å²) in [7, 11) is 0. The number of benzene rings is 1. The lowest BCUT2D eigenvalue weighted by molar-refractivity contribution is 0.154. The Morgan fingerprint density at radius 3 is 3.12 bits per heavy atom. The summed E-state index contributed by atoms with van der Waals surface area (Å²) in [6.45, 7) is 3.83. The molecule has 1 aliphatic heterocycles. The van der Waals surface area contributed by atoms with E-state index in [4.69, 9.17) is 4.98 Å². The molecule has 0 amide bonds. The first-order valence-electron chi connectivity index (χ1n) is 6.03. The minimum absolute atomic E-state index is 0.197. The van der Waals surface area contributed by atoms with Crippen LogP contribution in [0.4, 0.5) is 5.13 Å². The zero-order valence-corrected chi connectivity index (χ0v) is 10.7. The van der Waals surface area contributed by atoms with Gasteiger partial charge >= 0.3 is 0 Å². The van der Waals surface area contributed by atoms with Crippen LogP contribution in [0.25, 0.3) is 10.2 Å². The van der Waals surface area contributed by atoms with Gasteiger partial charge in [0.05, 0.1) is 16.3 Å². The summed E-state index contributed by atoms with van der Waals surface area (Å²) >= 11 is 1.72. The Bertz CT molecular complexity index is 537. The summed E-state index contributed by atoms with van der Waals surface area (Å²) in [5.41, 5.74) is 2.33. The zero-order chi connectivity index (χ0) is 11.8. The van der Waals surface area contributed by atoms with E-state index in [1.807, 2.05) is 0 Å². The first-order chi connectivity index (χ1) is 8.24. The minimum atomic E-state index is -0.197. The van der Waals surface area contributed by atoms with E-state index in [0.717, 1.165) is 36.6 Å². The van der Waals surface area contributed by atoms with Crippen molar-refractivity contribution >= 4 is 26.7 Å². The molecule has 2 aromatic rings. The number of piperidine rings is 1.